The molecule has 21 heavy (non-hydrogen) atoms. The van der Waals surface area contributed by atoms with E-state index in [1.165, 1.54) is 17.5 Å². The lowest BCUT2D eigenvalue weighted by Crippen LogP contribution is -2.17. The van der Waals surface area contributed by atoms with Crippen LogP contribution in [0.15, 0.2) is 41.6 Å². The maximum Gasteiger partial charge on any atom is 0.341 e. The van der Waals surface area contributed by atoms with Crippen molar-refractivity contribution in [1.82, 2.24) is 9.55 Å². The van der Waals surface area contributed by atoms with Crippen LogP contribution in [-0.2, 0) is 6.54 Å². The molecule has 6 heteroatoms. The fraction of sp³-hybridized carbons (Fsp3) is 0.133. The Morgan fingerprint density at radius 3 is 2.71 bits per heavy atom. The van der Waals surface area contributed by atoms with Crippen LogP contribution in [0.25, 0.3) is 20.7 Å². The Morgan fingerprint density at radius 1 is 1.38 bits per heavy atom. The van der Waals surface area contributed by atoms with Crippen molar-refractivity contribution in [2.45, 2.75) is 13.5 Å². The van der Waals surface area contributed by atoms with E-state index in [0.29, 0.717) is 11.9 Å². The third kappa shape index (κ3) is 2.23. The van der Waals surface area contributed by atoms with E-state index in [4.69, 9.17) is 5.11 Å². The zero-order chi connectivity index (χ0) is 15.0. The van der Waals surface area contributed by atoms with Crippen molar-refractivity contribution in [3.63, 3.8) is 0 Å². The Morgan fingerprint density at radius 2 is 2.10 bits per heavy atom. The molecule has 5 nitrogen and oxygen atoms in total. The third-order valence-corrected chi connectivity index (χ3v) is 4.50. The molecule has 106 valence electrons. The van der Waals surface area contributed by atoms with Crippen molar-refractivity contribution in [2.24, 2.45) is 0 Å². The first kappa shape index (κ1) is 13.5. The van der Waals surface area contributed by atoms with Crippen LogP contribution < -0.4 is 5.43 Å². The van der Waals surface area contributed by atoms with Crippen LogP contribution >= 0.6 is 11.3 Å². The van der Waals surface area contributed by atoms with Gasteiger partial charge in [0.15, 0.2) is 0 Å². The monoisotopic (exact) mass is 300 g/mol. The van der Waals surface area contributed by atoms with E-state index in [2.05, 4.69) is 4.98 Å². The molecule has 0 amide bonds. The summed E-state index contributed by atoms with van der Waals surface area (Å²) in [6.45, 7) is 2.52. The van der Waals surface area contributed by atoms with Gasteiger partial charge in [-0.1, -0.05) is 0 Å². The molecule has 0 aliphatic carbocycles. The fourth-order valence-corrected chi connectivity index (χ4v) is 3.42. The van der Waals surface area contributed by atoms with Crippen molar-refractivity contribution in [2.75, 3.05) is 0 Å². The van der Waals surface area contributed by atoms with E-state index >= 15 is 0 Å². The zero-order valence-electron chi connectivity index (χ0n) is 11.2. The summed E-state index contributed by atoms with van der Waals surface area (Å²) in [5.41, 5.74) is 0.340. The SMILES string of the molecule is CCn1cc(C(=O)O)c(=O)c2cc(-c3ccncc3)sc21. The van der Waals surface area contributed by atoms with Gasteiger partial charge in [0.1, 0.15) is 10.4 Å². The first-order valence-electron chi connectivity index (χ1n) is 6.42. The number of carboxylic acid groups (broad SMARTS) is 1. The van der Waals surface area contributed by atoms with Crippen LogP contribution in [0.2, 0.25) is 0 Å². The molecule has 3 aromatic heterocycles. The van der Waals surface area contributed by atoms with Crippen molar-refractivity contribution >= 4 is 27.5 Å². The van der Waals surface area contributed by atoms with E-state index < -0.39 is 11.4 Å². The Bertz CT molecular complexity index is 881. The summed E-state index contributed by atoms with van der Waals surface area (Å²) in [5, 5.41) is 9.60. The highest BCUT2D eigenvalue weighted by Gasteiger charge is 2.16. The van der Waals surface area contributed by atoms with Crippen LogP contribution in [0, 0.1) is 0 Å². The number of hydrogen-bond acceptors (Lipinski definition) is 4. The number of aryl methyl sites for hydroxylation is 1. The lowest BCUT2D eigenvalue weighted by atomic mass is 10.2. The van der Waals surface area contributed by atoms with E-state index in [-0.39, 0.29) is 5.56 Å². The second-order valence-corrected chi connectivity index (χ2v) is 5.56. The van der Waals surface area contributed by atoms with Gasteiger partial charge >= 0.3 is 5.97 Å². The van der Waals surface area contributed by atoms with Crippen molar-refractivity contribution in [1.29, 1.82) is 0 Å². The van der Waals surface area contributed by atoms with Crippen molar-refractivity contribution in [3.8, 4) is 10.4 Å². The van der Waals surface area contributed by atoms with Gasteiger partial charge in [-0.25, -0.2) is 4.79 Å². The van der Waals surface area contributed by atoms with Gasteiger partial charge in [-0.15, -0.1) is 11.3 Å². The molecule has 0 fully saturated rings. The number of thiophene rings is 1. The number of nitrogens with zero attached hydrogens (tertiary/aromatic N) is 2. The highest BCUT2D eigenvalue weighted by Crippen LogP contribution is 2.32. The Balaban J connectivity index is 2.33. The second kappa shape index (κ2) is 5.14. The molecule has 0 bridgehead atoms. The van der Waals surface area contributed by atoms with Crippen LogP contribution in [0.1, 0.15) is 17.3 Å². The van der Waals surface area contributed by atoms with Gasteiger partial charge in [-0.3, -0.25) is 9.78 Å². The summed E-state index contributed by atoms with van der Waals surface area (Å²) < 4.78 is 1.80. The Hall–Kier alpha value is -2.47. The number of carbonyl (C=O) groups is 1. The molecular formula is C15H12N2O3S. The normalized spacial score (nSPS) is 10.9. The Kier molecular flexibility index (Phi) is 3.31. The molecule has 0 unspecified atom stereocenters. The topological polar surface area (TPSA) is 72.2 Å². The third-order valence-electron chi connectivity index (χ3n) is 3.28. The number of aromatic nitrogens is 2. The molecule has 0 aromatic carbocycles. The first-order valence-corrected chi connectivity index (χ1v) is 7.24. The van der Waals surface area contributed by atoms with E-state index in [9.17, 15) is 9.59 Å². The molecule has 3 rings (SSSR count). The Labute approximate surface area is 124 Å². The molecule has 0 spiro atoms. The summed E-state index contributed by atoms with van der Waals surface area (Å²) in [4.78, 5) is 29.2. The van der Waals surface area contributed by atoms with E-state index in [1.807, 2.05) is 19.1 Å². The predicted molar refractivity (Wildman–Crippen MR) is 81.9 cm³/mol. The van der Waals surface area contributed by atoms with Gasteiger partial charge in [-0.2, -0.15) is 0 Å². The molecule has 0 aliphatic rings. The molecule has 3 heterocycles. The number of aromatic carboxylic acids is 1. The maximum absolute atomic E-state index is 12.3. The minimum Gasteiger partial charge on any atom is -0.477 e. The maximum atomic E-state index is 12.3. The molecule has 0 atom stereocenters. The first-order chi connectivity index (χ1) is 10.1. The summed E-state index contributed by atoms with van der Waals surface area (Å²) in [7, 11) is 0. The van der Waals surface area contributed by atoms with Gasteiger partial charge in [0, 0.05) is 30.0 Å². The standard InChI is InChI=1S/C15H12N2O3S/c1-2-17-8-11(15(19)20)13(18)10-7-12(21-14(10)17)9-3-5-16-6-4-9/h3-8H,2H2,1H3,(H,19,20). The number of pyridine rings is 2. The number of rotatable bonds is 3. The summed E-state index contributed by atoms with van der Waals surface area (Å²) in [6.07, 6.45) is 4.79. The smallest absolute Gasteiger partial charge is 0.341 e. The van der Waals surface area contributed by atoms with Crippen LogP contribution in [0.3, 0.4) is 0 Å². The van der Waals surface area contributed by atoms with Gasteiger partial charge in [0.25, 0.3) is 0 Å². The average molecular weight is 300 g/mol. The van der Waals surface area contributed by atoms with Gasteiger partial charge in [-0.05, 0) is 30.7 Å². The molecule has 1 N–H and O–H groups in total. The number of fused-ring (bicyclic) bond motifs is 1. The van der Waals surface area contributed by atoms with Gasteiger partial charge < -0.3 is 9.67 Å². The second-order valence-electron chi connectivity index (χ2n) is 4.53. The zero-order valence-corrected chi connectivity index (χ0v) is 12.1. The molecule has 0 saturated heterocycles. The summed E-state index contributed by atoms with van der Waals surface area (Å²) in [5.74, 6) is -1.19. The molecule has 0 aliphatic heterocycles. The summed E-state index contributed by atoms with van der Waals surface area (Å²) in [6, 6.07) is 5.49. The minimum atomic E-state index is -1.19. The van der Waals surface area contributed by atoms with Crippen molar-refractivity contribution < 1.29 is 9.90 Å². The highest BCUT2D eigenvalue weighted by atomic mass is 32.1. The van der Waals surface area contributed by atoms with Crippen LogP contribution in [-0.4, -0.2) is 20.6 Å². The van der Waals surface area contributed by atoms with Gasteiger partial charge in [0.2, 0.25) is 5.43 Å². The average Bonchev–Trinajstić information content (AvgIpc) is 2.94. The lowest BCUT2D eigenvalue weighted by molar-refractivity contribution is 0.0695. The predicted octanol–water partition coefficient (Wildman–Crippen LogP) is 2.84. The van der Waals surface area contributed by atoms with Crippen LogP contribution in [0.5, 0.6) is 0 Å². The highest BCUT2D eigenvalue weighted by molar-refractivity contribution is 7.21. The van der Waals surface area contributed by atoms with E-state index in [1.54, 1.807) is 23.0 Å². The molecule has 0 saturated carbocycles. The molecule has 3 aromatic rings. The summed E-state index contributed by atoms with van der Waals surface area (Å²) >= 11 is 1.48. The number of hydrogen-bond donors (Lipinski definition) is 1. The molecule has 0 radical (unpaired) electrons. The quantitative estimate of drug-likeness (QED) is 0.807. The number of carboxylic acids is 1. The molecular weight excluding hydrogens is 288 g/mol. The van der Waals surface area contributed by atoms with Crippen molar-refractivity contribution in [3.05, 3.63) is 52.6 Å². The largest absolute Gasteiger partial charge is 0.477 e. The lowest BCUT2D eigenvalue weighted by Gasteiger charge is -2.05. The fourth-order valence-electron chi connectivity index (χ4n) is 2.22. The van der Waals surface area contributed by atoms with Gasteiger partial charge in [0.05, 0.1) is 5.39 Å². The minimum absolute atomic E-state index is 0.191. The van der Waals surface area contributed by atoms with Crippen LogP contribution in [0.4, 0.5) is 0 Å². The van der Waals surface area contributed by atoms with E-state index in [0.717, 1.165) is 15.3 Å².